The summed E-state index contributed by atoms with van der Waals surface area (Å²) in [5.41, 5.74) is 2.15. The zero-order valence-corrected chi connectivity index (χ0v) is 10.0. The van der Waals surface area contributed by atoms with Crippen molar-refractivity contribution in [2.45, 2.75) is 32.4 Å². The van der Waals surface area contributed by atoms with Gasteiger partial charge < -0.3 is 14.5 Å². The smallest absolute Gasteiger partial charge is 0.134 e. The topological polar surface area (TPSA) is 34.4 Å². The van der Waals surface area contributed by atoms with Gasteiger partial charge in [0.25, 0.3) is 0 Å². The van der Waals surface area contributed by atoms with E-state index in [1.165, 1.54) is 18.4 Å². The molecular weight excluding hydrogens is 214 g/mol. The molecule has 90 valence electrons. The van der Waals surface area contributed by atoms with Crippen molar-refractivity contribution >= 4 is 11.0 Å². The number of ether oxygens (including phenoxy) is 1. The van der Waals surface area contributed by atoms with Crippen LogP contribution in [0.4, 0.5) is 0 Å². The highest BCUT2D eigenvalue weighted by Gasteiger charge is 2.20. The molecule has 1 aromatic heterocycles. The Hall–Kier alpha value is -1.48. The van der Waals surface area contributed by atoms with Crippen molar-refractivity contribution in [1.29, 1.82) is 0 Å². The summed E-state index contributed by atoms with van der Waals surface area (Å²) in [6, 6.07) is 6.70. The molecule has 1 aromatic carbocycles. The quantitative estimate of drug-likeness (QED) is 0.858. The fourth-order valence-corrected chi connectivity index (χ4v) is 2.00. The van der Waals surface area contributed by atoms with Crippen LogP contribution in [-0.2, 0) is 6.54 Å². The van der Waals surface area contributed by atoms with E-state index < -0.39 is 0 Å². The molecule has 1 N–H and O–H groups in total. The molecule has 0 aliphatic heterocycles. The van der Waals surface area contributed by atoms with Crippen molar-refractivity contribution in [1.82, 2.24) is 5.32 Å². The third kappa shape index (κ3) is 2.29. The SMILES string of the molecule is CCOc1ccc2occ(CNC3CC3)c2c1. The van der Waals surface area contributed by atoms with Crippen molar-refractivity contribution < 1.29 is 9.15 Å². The molecule has 1 aliphatic rings. The van der Waals surface area contributed by atoms with Crippen LogP contribution in [0, 0.1) is 0 Å². The molecule has 17 heavy (non-hydrogen) atoms. The van der Waals surface area contributed by atoms with Gasteiger partial charge in [-0.25, -0.2) is 0 Å². The lowest BCUT2D eigenvalue weighted by atomic mass is 10.1. The number of hydrogen-bond acceptors (Lipinski definition) is 3. The molecule has 0 radical (unpaired) electrons. The second kappa shape index (κ2) is 4.41. The molecule has 0 amide bonds. The lowest BCUT2D eigenvalue weighted by Crippen LogP contribution is -2.14. The van der Waals surface area contributed by atoms with Crippen LogP contribution in [0.1, 0.15) is 25.3 Å². The summed E-state index contributed by atoms with van der Waals surface area (Å²) in [7, 11) is 0. The summed E-state index contributed by atoms with van der Waals surface area (Å²) in [5, 5.41) is 4.66. The summed E-state index contributed by atoms with van der Waals surface area (Å²) in [5.74, 6) is 0.911. The Morgan fingerprint density at radius 1 is 1.41 bits per heavy atom. The van der Waals surface area contributed by atoms with Gasteiger partial charge in [0.15, 0.2) is 0 Å². The van der Waals surface area contributed by atoms with E-state index in [2.05, 4.69) is 11.4 Å². The molecule has 3 nitrogen and oxygen atoms in total. The normalized spacial score (nSPS) is 15.4. The maximum absolute atomic E-state index is 5.54. The van der Waals surface area contributed by atoms with Gasteiger partial charge in [-0.1, -0.05) is 0 Å². The monoisotopic (exact) mass is 231 g/mol. The van der Waals surface area contributed by atoms with Crippen LogP contribution in [-0.4, -0.2) is 12.6 Å². The first-order chi connectivity index (χ1) is 8.36. The summed E-state index contributed by atoms with van der Waals surface area (Å²) >= 11 is 0. The second-order valence-corrected chi connectivity index (χ2v) is 4.51. The average Bonchev–Trinajstić information content (AvgIpc) is 3.08. The lowest BCUT2D eigenvalue weighted by Gasteiger charge is -2.03. The Morgan fingerprint density at radius 3 is 3.06 bits per heavy atom. The van der Waals surface area contributed by atoms with E-state index in [0.717, 1.165) is 29.3 Å². The highest BCUT2D eigenvalue weighted by atomic mass is 16.5. The Bertz CT molecular complexity index is 514. The minimum Gasteiger partial charge on any atom is -0.494 e. The number of rotatable bonds is 5. The highest BCUT2D eigenvalue weighted by Crippen LogP contribution is 2.27. The first-order valence-corrected chi connectivity index (χ1v) is 6.23. The molecule has 1 heterocycles. The molecule has 0 bridgehead atoms. The summed E-state index contributed by atoms with van der Waals surface area (Å²) in [4.78, 5) is 0. The van der Waals surface area contributed by atoms with Gasteiger partial charge >= 0.3 is 0 Å². The maximum atomic E-state index is 5.54. The third-order valence-corrected chi connectivity index (χ3v) is 3.09. The second-order valence-electron chi connectivity index (χ2n) is 4.51. The van der Waals surface area contributed by atoms with Crippen molar-refractivity contribution in [3.8, 4) is 5.75 Å². The van der Waals surface area contributed by atoms with Crippen LogP contribution >= 0.6 is 0 Å². The zero-order valence-electron chi connectivity index (χ0n) is 10.0. The van der Waals surface area contributed by atoms with Crippen LogP contribution in [0.25, 0.3) is 11.0 Å². The van der Waals surface area contributed by atoms with Crippen LogP contribution in [0.5, 0.6) is 5.75 Å². The third-order valence-electron chi connectivity index (χ3n) is 3.09. The van der Waals surface area contributed by atoms with Gasteiger partial charge in [-0.3, -0.25) is 0 Å². The van der Waals surface area contributed by atoms with Gasteiger partial charge in [0.05, 0.1) is 12.9 Å². The van der Waals surface area contributed by atoms with E-state index in [1.54, 1.807) is 0 Å². The number of nitrogens with one attached hydrogen (secondary N) is 1. The van der Waals surface area contributed by atoms with E-state index in [-0.39, 0.29) is 0 Å². The minimum atomic E-state index is 0.693. The Labute approximate surface area is 101 Å². The van der Waals surface area contributed by atoms with E-state index >= 15 is 0 Å². The van der Waals surface area contributed by atoms with Gasteiger partial charge in [-0.2, -0.15) is 0 Å². The molecule has 3 rings (SSSR count). The summed E-state index contributed by atoms with van der Waals surface area (Å²) in [6.45, 7) is 3.57. The van der Waals surface area contributed by atoms with Crippen molar-refractivity contribution in [3.05, 3.63) is 30.0 Å². The highest BCUT2D eigenvalue weighted by molar-refractivity contribution is 5.82. The van der Waals surface area contributed by atoms with Crippen LogP contribution in [0.3, 0.4) is 0 Å². The molecular formula is C14H17NO2. The average molecular weight is 231 g/mol. The van der Waals surface area contributed by atoms with Crippen molar-refractivity contribution in [2.75, 3.05) is 6.61 Å². The first kappa shape index (κ1) is 10.7. The predicted molar refractivity (Wildman–Crippen MR) is 67.2 cm³/mol. The zero-order chi connectivity index (χ0) is 11.7. The molecule has 0 unspecified atom stereocenters. The molecule has 0 atom stereocenters. The molecule has 1 saturated carbocycles. The predicted octanol–water partition coefficient (Wildman–Crippen LogP) is 3.08. The Balaban J connectivity index is 1.85. The van der Waals surface area contributed by atoms with Gasteiger partial charge in [-0.05, 0) is 38.0 Å². The van der Waals surface area contributed by atoms with Gasteiger partial charge in [0.2, 0.25) is 0 Å². The van der Waals surface area contributed by atoms with Gasteiger partial charge in [-0.15, -0.1) is 0 Å². The Kier molecular flexibility index (Phi) is 2.77. The van der Waals surface area contributed by atoms with Crippen LogP contribution in [0.15, 0.2) is 28.9 Å². The summed E-state index contributed by atoms with van der Waals surface area (Å²) in [6.07, 6.45) is 4.45. The molecule has 1 aliphatic carbocycles. The largest absolute Gasteiger partial charge is 0.494 e. The molecule has 1 fully saturated rings. The van der Waals surface area contributed by atoms with E-state index in [1.807, 2.05) is 25.3 Å². The fraction of sp³-hybridized carbons (Fsp3) is 0.429. The van der Waals surface area contributed by atoms with Crippen LogP contribution in [0.2, 0.25) is 0 Å². The number of furan rings is 1. The molecule has 3 heteroatoms. The van der Waals surface area contributed by atoms with E-state index in [4.69, 9.17) is 9.15 Å². The fourth-order valence-electron chi connectivity index (χ4n) is 2.00. The van der Waals surface area contributed by atoms with Crippen molar-refractivity contribution in [3.63, 3.8) is 0 Å². The van der Waals surface area contributed by atoms with E-state index in [0.29, 0.717) is 6.61 Å². The molecule has 0 spiro atoms. The number of fused-ring (bicyclic) bond motifs is 1. The maximum Gasteiger partial charge on any atom is 0.134 e. The Morgan fingerprint density at radius 2 is 2.29 bits per heavy atom. The van der Waals surface area contributed by atoms with Gasteiger partial charge in [0.1, 0.15) is 11.3 Å². The van der Waals surface area contributed by atoms with Crippen molar-refractivity contribution in [2.24, 2.45) is 0 Å². The van der Waals surface area contributed by atoms with E-state index in [9.17, 15) is 0 Å². The molecule has 0 saturated heterocycles. The van der Waals surface area contributed by atoms with Gasteiger partial charge in [0, 0.05) is 23.5 Å². The summed E-state index contributed by atoms with van der Waals surface area (Å²) < 4.78 is 11.1. The van der Waals surface area contributed by atoms with Crippen LogP contribution < -0.4 is 10.1 Å². The minimum absolute atomic E-state index is 0.693. The number of benzene rings is 1. The lowest BCUT2D eigenvalue weighted by molar-refractivity contribution is 0.340. The first-order valence-electron chi connectivity index (χ1n) is 6.23. The number of hydrogen-bond donors (Lipinski definition) is 1. The molecule has 2 aromatic rings. The standard InChI is InChI=1S/C14H17NO2/c1-2-16-12-5-6-14-13(7-12)10(9-17-14)8-15-11-3-4-11/h5-7,9,11,15H,2-4,8H2,1H3.